The van der Waals surface area contributed by atoms with Gasteiger partial charge in [-0.2, -0.15) is 0 Å². The predicted molar refractivity (Wildman–Crippen MR) is 116 cm³/mol. The zero-order valence-corrected chi connectivity index (χ0v) is 16.3. The largest absolute Gasteiger partial charge is 0.493 e. The summed E-state index contributed by atoms with van der Waals surface area (Å²) in [7, 11) is 3.23. The normalized spacial score (nSPS) is 10.7. The number of rotatable bonds is 6. The highest BCUT2D eigenvalue weighted by Crippen LogP contribution is 2.32. The first kappa shape index (κ1) is 18.6. The van der Waals surface area contributed by atoms with Crippen molar-refractivity contribution in [3.63, 3.8) is 0 Å². The Bertz CT molecular complexity index is 1160. The maximum atomic E-state index is 6.14. The van der Waals surface area contributed by atoms with Crippen molar-refractivity contribution in [1.82, 2.24) is 9.97 Å². The first-order valence-electron chi connectivity index (χ1n) is 9.24. The number of benzene rings is 2. The molecule has 2 aromatic carbocycles. The second kappa shape index (κ2) is 8.06. The molecule has 29 heavy (non-hydrogen) atoms. The van der Waals surface area contributed by atoms with Crippen LogP contribution in [0.2, 0.25) is 0 Å². The van der Waals surface area contributed by atoms with E-state index in [1.165, 1.54) is 0 Å². The lowest BCUT2D eigenvalue weighted by molar-refractivity contribution is 0.355. The van der Waals surface area contributed by atoms with E-state index in [4.69, 9.17) is 20.2 Å². The highest BCUT2D eigenvalue weighted by molar-refractivity contribution is 5.79. The summed E-state index contributed by atoms with van der Waals surface area (Å²) in [6, 6.07) is 19.6. The van der Waals surface area contributed by atoms with E-state index in [2.05, 4.69) is 28.5 Å². The molecule has 0 amide bonds. The summed E-state index contributed by atoms with van der Waals surface area (Å²) in [5, 5.41) is 4.45. The summed E-state index contributed by atoms with van der Waals surface area (Å²) in [4.78, 5) is 9.06. The van der Waals surface area contributed by atoms with E-state index < -0.39 is 0 Å². The molecule has 0 bridgehead atoms. The fourth-order valence-corrected chi connectivity index (χ4v) is 3.19. The summed E-state index contributed by atoms with van der Waals surface area (Å²) in [5.41, 5.74) is 10.6. The third kappa shape index (κ3) is 3.91. The number of hydrogen-bond acceptors (Lipinski definition) is 6. The van der Waals surface area contributed by atoms with E-state index in [1.54, 1.807) is 20.4 Å². The standard InChI is InChI=1S/C23H22N4O2/c1-28-21-10-6-17(13-22(21)29-2)20-9-7-18(24)23(27-20)26-14-15-5-8-19-16(12-15)4-3-11-25-19/h3-13H,14,24H2,1-2H3,(H,26,27). The molecule has 0 saturated carbocycles. The number of anilines is 2. The maximum absolute atomic E-state index is 6.14. The van der Waals surface area contributed by atoms with Gasteiger partial charge in [-0.15, -0.1) is 0 Å². The van der Waals surface area contributed by atoms with Gasteiger partial charge in [0, 0.05) is 23.7 Å². The number of fused-ring (bicyclic) bond motifs is 1. The van der Waals surface area contributed by atoms with Crippen LogP contribution in [0.25, 0.3) is 22.2 Å². The van der Waals surface area contributed by atoms with Crippen molar-refractivity contribution in [3.05, 3.63) is 72.4 Å². The molecule has 146 valence electrons. The second-order valence-corrected chi connectivity index (χ2v) is 6.59. The monoisotopic (exact) mass is 386 g/mol. The summed E-state index contributed by atoms with van der Waals surface area (Å²) in [6.45, 7) is 0.609. The number of nitrogen functional groups attached to an aromatic ring is 1. The number of methoxy groups -OCH3 is 2. The average Bonchev–Trinajstić information content (AvgIpc) is 2.78. The smallest absolute Gasteiger partial charge is 0.161 e. The van der Waals surface area contributed by atoms with Gasteiger partial charge in [-0.3, -0.25) is 4.98 Å². The number of ether oxygens (including phenoxy) is 2. The Kier molecular flexibility index (Phi) is 5.16. The van der Waals surface area contributed by atoms with E-state index >= 15 is 0 Å². The molecule has 6 heteroatoms. The molecule has 0 spiro atoms. The number of nitrogens with one attached hydrogen (secondary N) is 1. The second-order valence-electron chi connectivity index (χ2n) is 6.59. The van der Waals surface area contributed by atoms with Gasteiger partial charge in [-0.25, -0.2) is 4.98 Å². The average molecular weight is 386 g/mol. The molecule has 0 aliphatic heterocycles. The number of aromatic nitrogens is 2. The molecule has 6 nitrogen and oxygen atoms in total. The zero-order chi connectivity index (χ0) is 20.2. The Hall–Kier alpha value is -3.80. The Morgan fingerprint density at radius 2 is 1.79 bits per heavy atom. The lowest BCUT2D eigenvalue weighted by Crippen LogP contribution is -2.05. The van der Waals surface area contributed by atoms with Gasteiger partial charge < -0.3 is 20.5 Å². The molecule has 2 aromatic heterocycles. The summed E-state index contributed by atoms with van der Waals surface area (Å²) in [5.74, 6) is 1.97. The van der Waals surface area contributed by atoms with Gasteiger partial charge in [0.25, 0.3) is 0 Å². The van der Waals surface area contributed by atoms with Crippen molar-refractivity contribution < 1.29 is 9.47 Å². The first-order valence-corrected chi connectivity index (χ1v) is 9.24. The topological polar surface area (TPSA) is 82.3 Å². The van der Waals surface area contributed by atoms with Crippen LogP contribution in [0.4, 0.5) is 11.5 Å². The van der Waals surface area contributed by atoms with Crippen LogP contribution >= 0.6 is 0 Å². The van der Waals surface area contributed by atoms with Crippen LogP contribution in [0.15, 0.2) is 66.9 Å². The van der Waals surface area contributed by atoms with Crippen LogP contribution in [0.3, 0.4) is 0 Å². The summed E-state index contributed by atoms with van der Waals surface area (Å²) < 4.78 is 10.7. The van der Waals surface area contributed by atoms with Gasteiger partial charge in [0.15, 0.2) is 11.5 Å². The predicted octanol–water partition coefficient (Wildman–Crippen LogP) is 4.51. The molecule has 0 saturated heterocycles. The van der Waals surface area contributed by atoms with Crippen molar-refractivity contribution >= 4 is 22.4 Å². The molecule has 0 fully saturated rings. The van der Waals surface area contributed by atoms with Crippen LogP contribution in [0.5, 0.6) is 11.5 Å². The van der Waals surface area contributed by atoms with Crippen molar-refractivity contribution in [3.8, 4) is 22.8 Å². The highest BCUT2D eigenvalue weighted by Gasteiger charge is 2.09. The molecule has 0 unspecified atom stereocenters. The molecule has 2 heterocycles. The molecule has 0 atom stereocenters. The van der Waals surface area contributed by atoms with E-state index in [1.807, 2.05) is 42.5 Å². The molecule has 4 rings (SSSR count). The molecular formula is C23H22N4O2. The van der Waals surface area contributed by atoms with E-state index in [0.717, 1.165) is 27.7 Å². The van der Waals surface area contributed by atoms with Gasteiger partial charge in [-0.05, 0) is 54.1 Å². The van der Waals surface area contributed by atoms with Gasteiger partial charge in [0.2, 0.25) is 0 Å². The molecule has 0 radical (unpaired) electrons. The lowest BCUT2D eigenvalue weighted by atomic mass is 10.1. The third-order valence-corrected chi connectivity index (χ3v) is 4.73. The Morgan fingerprint density at radius 3 is 2.62 bits per heavy atom. The van der Waals surface area contributed by atoms with Gasteiger partial charge in [-0.1, -0.05) is 12.1 Å². The third-order valence-electron chi connectivity index (χ3n) is 4.73. The molecule has 4 aromatic rings. The highest BCUT2D eigenvalue weighted by atomic mass is 16.5. The fourth-order valence-electron chi connectivity index (χ4n) is 3.19. The van der Waals surface area contributed by atoms with Gasteiger partial charge >= 0.3 is 0 Å². The summed E-state index contributed by atoms with van der Waals surface area (Å²) in [6.07, 6.45) is 1.80. The SMILES string of the molecule is COc1ccc(-c2ccc(N)c(NCc3ccc4ncccc4c3)n2)cc1OC. The molecule has 3 N–H and O–H groups in total. The number of hydrogen-bond donors (Lipinski definition) is 2. The Morgan fingerprint density at radius 1 is 0.931 bits per heavy atom. The minimum atomic E-state index is 0.594. The Labute approximate surface area is 169 Å². The van der Waals surface area contributed by atoms with Crippen molar-refractivity contribution in [2.75, 3.05) is 25.3 Å². The van der Waals surface area contributed by atoms with Crippen LogP contribution in [-0.2, 0) is 6.54 Å². The van der Waals surface area contributed by atoms with Crippen LogP contribution in [0.1, 0.15) is 5.56 Å². The quantitative estimate of drug-likeness (QED) is 0.507. The minimum absolute atomic E-state index is 0.594. The van der Waals surface area contributed by atoms with E-state index in [-0.39, 0.29) is 0 Å². The van der Waals surface area contributed by atoms with Crippen molar-refractivity contribution in [1.29, 1.82) is 0 Å². The van der Waals surface area contributed by atoms with E-state index in [9.17, 15) is 0 Å². The van der Waals surface area contributed by atoms with Crippen molar-refractivity contribution in [2.24, 2.45) is 0 Å². The van der Waals surface area contributed by atoms with Crippen LogP contribution in [-0.4, -0.2) is 24.2 Å². The summed E-state index contributed by atoms with van der Waals surface area (Å²) >= 11 is 0. The fraction of sp³-hybridized carbons (Fsp3) is 0.130. The Balaban J connectivity index is 1.58. The molecule has 0 aliphatic carbocycles. The van der Waals surface area contributed by atoms with Gasteiger partial charge in [0.05, 0.1) is 31.1 Å². The molecule has 0 aliphatic rings. The van der Waals surface area contributed by atoms with Gasteiger partial charge in [0.1, 0.15) is 5.82 Å². The van der Waals surface area contributed by atoms with Crippen LogP contribution < -0.4 is 20.5 Å². The van der Waals surface area contributed by atoms with Crippen molar-refractivity contribution in [2.45, 2.75) is 6.54 Å². The number of pyridine rings is 2. The minimum Gasteiger partial charge on any atom is -0.493 e. The molecular weight excluding hydrogens is 364 g/mol. The number of nitrogens with zero attached hydrogens (tertiary/aromatic N) is 2. The maximum Gasteiger partial charge on any atom is 0.161 e. The van der Waals surface area contributed by atoms with Crippen LogP contribution in [0, 0.1) is 0 Å². The number of nitrogens with two attached hydrogens (primary N) is 1. The van der Waals surface area contributed by atoms with E-state index in [0.29, 0.717) is 29.5 Å². The lowest BCUT2D eigenvalue weighted by Gasteiger charge is -2.12. The zero-order valence-electron chi connectivity index (χ0n) is 16.3. The first-order chi connectivity index (χ1) is 14.2.